The number of benzene rings is 4. The van der Waals surface area contributed by atoms with Crippen molar-refractivity contribution in [3.05, 3.63) is 163 Å². The molecule has 2 aliphatic rings. The van der Waals surface area contributed by atoms with Crippen LogP contribution in [0.1, 0.15) is 76.5 Å². The molecule has 0 spiro atoms. The second-order valence-electron chi connectivity index (χ2n) is 16.6. The van der Waals surface area contributed by atoms with Crippen molar-refractivity contribution in [3.63, 3.8) is 0 Å². The van der Waals surface area contributed by atoms with Gasteiger partial charge in [0.1, 0.15) is 30.2 Å². The van der Waals surface area contributed by atoms with Crippen LogP contribution < -0.4 is 66.2 Å². The molecule has 2 aliphatic heterocycles. The van der Waals surface area contributed by atoms with Gasteiger partial charge in [0.2, 0.25) is 11.4 Å². The smallest absolute Gasteiger partial charge is 0.748 e. The molecule has 0 saturated heterocycles. The molecule has 65 heavy (non-hydrogen) atoms. The molecule has 0 bridgehead atoms. The number of anilines is 2. The van der Waals surface area contributed by atoms with Gasteiger partial charge in [-0.3, -0.25) is 4.79 Å². The first kappa shape index (κ1) is 53.3. The van der Waals surface area contributed by atoms with Crippen molar-refractivity contribution in [1.29, 1.82) is 0 Å². The third-order valence-corrected chi connectivity index (χ3v) is 12.2. The summed E-state index contributed by atoms with van der Waals surface area (Å²) < 4.78 is 64.3. The van der Waals surface area contributed by atoms with Crippen LogP contribution in [0.25, 0.3) is 0 Å². The zero-order valence-electron chi connectivity index (χ0n) is 38.0. The summed E-state index contributed by atoms with van der Waals surface area (Å²) in [7, 11) is -4.32. The molecule has 0 aliphatic carbocycles. The van der Waals surface area contributed by atoms with Gasteiger partial charge in [-0.05, 0) is 102 Å². The van der Waals surface area contributed by atoms with Crippen LogP contribution in [-0.2, 0) is 37.1 Å². The number of fused-ring (bicyclic) bond motifs is 2. The molecule has 0 saturated carbocycles. The fraction of sp³-hybridized carbons (Fsp3) is 0.300. The molecule has 0 fully saturated rings. The Morgan fingerprint density at radius 2 is 1.22 bits per heavy atom. The maximum absolute atomic E-state index is 11.1. The quantitative estimate of drug-likeness (QED) is 0.0220. The van der Waals surface area contributed by atoms with Gasteiger partial charge in [0.15, 0.2) is 11.4 Å². The molecule has 4 aromatic rings. The van der Waals surface area contributed by atoms with Crippen LogP contribution in [0, 0.1) is 6.92 Å². The van der Waals surface area contributed by atoms with Gasteiger partial charge < -0.3 is 29.0 Å². The number of carboxylic acids is 1. The summed E-state index contributed by atoms with van der Waals surface area (Å²) in [5, 5.41) is 15.3. The summed E-state index contributed by atoms with van der Waals surface area (Å²) in [4.78, 5) is 10.8. The van der Waals surface area contributed by atoms with Crippen LogP contribution in [0.5, 0.6) is 5.75 Å². The SMILES string of the molecule is CC1(C)C(/C=C/C=C/Nc2ccccc2)=[N+](CCCS(=O)(=O)[O-])c2ccc(OS(=O)[O-])cc21.Cc1ccc2c(c1)C(C)(C)C(/C=C/C=C/Nc1ccccc1)=[N+]2CCCCCC(=O)O.[K+]. The Hall–Kier alpha value is -4.29. The second-order valence-corrected chi connectivity index (χ2v) is 18.7. The van der Waals surface area contributed by atoms with Gasteiger partial charge in [0, 0.05) is 84.2 Å². The number of nitrogens with zero attached hydrogens (tertiary/aromatic N) is 2. The number of allylic oxidation sites excluding steroid dienone is 6. The van der Waals surface area contributed by atoms with E-state index in [1.54, 1.807) is 24.4 Å². The summed E-state index contributed by atoms with van der Waals surface area (Å²) in [6, 6.07) is 31.4. The second kappa shape index (κ2) is 25.0. The van der Waals surface area contributed by atoms with E-state index in [9.17, 15) is 26.5 Å². The predicted octanol–water partition coefficient (Wildman–Crippen LogP) is 6.56. The summed E-state index contributed by atoms with van der Waals surface area (Å²) >= 11 is -2.70. The van der Waals surface area contributed by atoms with Gasteiger partial charge in [-0.1, -0.05) is 60.2 Å². The van der Waals surface area contributed by atoms with Crippen LogP contribution >= 0.6 is 0 Å². The molecule has 0 aromatic heterocycles. The van der Waals surface area contributed by atoms with E-state index >= 15 is 0 Å². The Kier molecular flexibility index (Phi) is 20.5. The van der Waals surface area contributed by atoms with Gasteiger partial charge in [-0.2, -0.15) is 9.15 Å². The number of para-hydroxylation sites is 2. The summed E-state index contributed by atoms with van der Waals surface area (Å²) in [6.07, 6.45) is 18.7. The van der Waals surface area contributed by atoms with Crippen molar-refractivity contribution in [3.8, 4) is 5.75 Å². The molecular formula is C50H58KN4O8S2+. The fourth-order valence-electron chi connectivity index (χ4n) is 7.94. The van der Waals surface area contributed by atoms with Crippen molar-refractivity contribution in [2.45, 2.75) is 77.6 Å². The molecule has 3 N–H and O–H groups in total. The van der Waals surface area contributed by atoms with E-state index in [0.717, 1.165) is 54.1 Å². The van der Waals surface area contributed by atoms with Crippen molar-refractivity contribution in [2.75, 3.05) is 29.5 Å². The van der Waals surface area contributed by atoms with E-state index in [4.69, 9.17) is 9.29 Å². The molecule has 2 heterocycles. The Bertz CT molecular complexity index is 2590. The van der Waals surface area contributed by atoms with Crippen LogP contribution in [0.3, 0.4) is 0 Å². The first-order chi connectivity index (χ1) is 30.5. The Balaban J connectivity index is 0.000000281. The molecule has 12 nitrogen and oxygen atoms in total. The van der Waals surface area contributed by atoms with Gasteiger partial charge in [0.25, 0.3) is 0 Å². The average Bonchev–Trinajstić information content (AvgIpc) is 3.57. The topological polar surface area (TPSA) is 174 Å². The third-order valence-electron chi connectivity index (χ3n) is 11.1. The standard InChI is InChI=1S/C27H32N2O2.C23H26N2O6S2.K/c1-21-16-17-24-23(20-21)27(2,3)25(29(24)19-11-5-8-15-26(30)31)14-9-10-18-28-22-12-6-4-7-13-22;1-23(2)20-17-19(31-32(26)27)12-13-21(20)25(15-8-16-33(28,29)30)22(23)11-6-7-14-24-18-9-4-3-5-10-18;/h4,6-7,9-10,12-14,16-18,20H,5,8,11,15,19H2,1-3H3,(H,30,31);3-7,9-14,17H,8,15-16H2,1-2H3,(H2,26,27,28,29,30);/q;;+1. The third kappa shape index (κ3) is 15.7. The number of nitrogens with one attached hydrogen (secondary N) is 2. The molecule has 1 unspecified atom stereocenters. The van der Waals surface area contributed by atoms with Crippen LogP contribution in [0.15, 0.2) is 146 Å². The number of hydrogen-bond acceptors (Lipinski definition) is 9. The zero-order valence-corrected chi connectivity index (χ0v) is 42.8. The van der Waals surface area contributed by atoms with E-state index < -0.39 is 38.6 Å². The largest absolute Gasteiger partial charge is 1.00 e. The van der Waals surface area contributed by atoms with E-state index in [1.165, 1.54) is 22.5 Å². The number of unbranched alkanes of at least 4 members (excludes halogenated alkanes) is 2. The van der Waals surface area contributed by atoms with Gasteiger partial charge in [0.05, 0.1) is 20.9 Å². The average molecular weight is 946 g/mol. The fourth-order valence-corrected chi connectivity index (χ4v) is 8.68. The number of hydrogen-bond donors (Lipinski definition) is 3. The molecule has 4 aromatic carbocycles. The first-order valence-corrected chi connectivity index (χ1v) is 23.8. The Labute approximate surface area is 429 Å². The van der Waals surface area contributed by atoms with Crippen molar-refractivity contribution < 1.29 is 96.4 Å². The molecule has 338 valence electrons. The Morgan fingerprint density at radius 1 is 0.723 bits per heavy atom. The molecule has 1 atom stereocenters. The van der Waals surface area contributed by atoms with Crippen LogP contribution in [0.4, 0.5) is 22.7 Å². The van der Waals surface area contributed by atoms with Crippen LogP contribution in [-0.4, -0.2) is 72.2 Å². The number of carboxylic acid groups (broad SMARTS) is 1. The van der Waals surface area contributed by atoms with E-state index in [2.05, 4.69) is 66.3 Å². The minimum atomic E-state index is -4.32. The van der Waals surface area contributed by atoms with Gasteiger partial charge in [-0.25, -0.2) is 12.6 Å². The van der Waals surface area contributed by atoms with E-state index in [-0.39, 0.29) is 75.4 Å². The normalized spacial score (nSPS) is 15.5. The summed E-state index contributed by atoms with van der Waals surface area (Å²) in [5.74, 6) is -0.989. The van der Waals surface area contributed by atoms with Crippen LogP contribution in [0.2, 0.25) is 0 Å². The molecule has 15 heteroatoms. The number of aliphatic carboxylic acids is 1. The minimum Gasteiger partial charge on any atom is -0.748 e. The number of aryl methyl sites for hydroxylation is 1. The minimum absolute atomic E-state index is 0. The monoisotopic (exact) mass is 945 g/mol. The maximum Gasteiger partial charge on any atom is 1.00 e. The number of carbonyl (C=O) groups is 1. The molecule has 6 rings (SSSR count). The van der Waals surface area contributed by atoms with Crippen molar-refractivity contribution >= 4 is 61.6 Å². The van der Waals surface area contributed by atoms with E-state index in [1.807, 2.05) is 110 Å². The number of rotatable bonds is 20. The maximum atomic E-state index is 11.1. The predicted molar refractivity (Wildman–Crippen MR) is 255 cm³/mol. The summed E-state index contributed by atoms with van der Waals surface area (Å²) in [6.45, 7) is 11.9. The summed E-state index contributed by atoms with van der Waals surface area (Å²) in [5.41, 5.74) is 9.08. The van der Waals surface area contributed by atoms with Crippen molar-refractivity contribution in [2.24, 2.45) is 0 Å². The van der Waals surface area contributed by atoms with Crippen molar-refractivity contribution in [1.82, 2.24) is 0 Å². The molecule has 0 amide bonds. The van der Waals surface area contributed by atoms with E-state index in [0.29, 0.717) is 6.54 Å². The zero-order chi connectivity index (χ0) is 46.3. The van der Waals surface area contributed by atoms with Gasteiger partial charge >= 0.3 is 57.4 Å². The van der Waals surface area contributed by atoms with Gasteiger partial charge in [-0.15, -0.1) is 0 Å². The molecule has 0 radical (unpaired) electrons. The Morgan fingerprint density at radius 3 is 1.71 bits per heavy atom. The molecular weight excluding hydrogens is 888 g/mol. The first-order valence-electron chi connectivity index (χ1n) is 21.3.